The van der Waals surface area contributed by atoms with Crippen LogP contribution in [0, 0.1) is 0 Å². The first kappa shape index (κ1) is 6.99. The number of fused-ring (bicyclic) bond motifs is 2. The van der Waals surface area contributed by atoms with Crippen LogP contribution in [-0.4, -0.2) is 23.6 Å². The molecule has 1 nitrogen and oxygen atoms in total. The van der Waals surface area contributed by atoms with Gasteiger partial charge < -0.3 is 5.32 Å². The topological polar surface area (TPSA) is 12.0 Å². The maximum atomic E-state index is 3.64. The molecule has 2 rings (SSSR count). The third kappa shape index (κ3) is 1.19. The first-order chi connectivity index (χ1) is 4.88. The van der Waals surface area contributed by atoms with Crippen molar-refractivity contribution in [1.82, 2.24) is 5.32 Å². The summed E-state index contributed by atoms with van der Waals surface area (Å²) in [5, 5.41) is 4.60. The molecule has 3 atom stereocenters. The van der Waals surface area contributed by atoms with Gasteiger partial charge in [0.15, 0.2) is 0 Å². The van der Waals surface area contributed by atoms with E-state index in [1.54, 1.807) is 0 Å². The SMILES string of the molecule is CSC1C[C@H]2CC[C@@H](C1)N2. The highest BCUT2D eigenvalue weighted by molar-refractivity contribution is 7.99. The summed E-state index contributed by atoms with van der Waals surface area (Å²) in [5.74, 6) is 0. The standard InChI is InChI=1S/C8H15NS/c1-10-8-4-6-2-3-7(5-8)9-6/h6-9H,2-5H2,1H3/t6-,7+,8?. The summed E-state index contributed by atoms with van der Waals surface area (Å²) in [7, 11) is 0. The summed E-state index contributed by atoms with van der Waals surface area (Å²) < 4.78 is 0. The molecule has 0 radical (unpaired) electrons. The van der Waals surface area contributed by atoms with Gasteiger partial charge in [0.25, 0.3) is 0 Å². The van der Waals surface area contributed by atoms with Crippen LogP contribution in [0.5, 0.6) is 0 Å². The van der Waals surface area contributed by atoms with Crippen LogP contribution in [0.25, 0.3) is 0 Å². The minimum Gasteiger partial charge on any atom is -0.311 e. The first-order valence-corrected chi connectivity index (χ1v) is 5.46. The molecule has 10 heavy (non-hydrogen) atoms. The first-order valence-electron chi connectivity index (χ1n) is 4.17. The summed E-state index contributed by atoms with van der Waals surface area (Å²) in [4.78, 5) is 0. The zero-order valence-corrected chi connectivity index (χ0v) is 7.29. The van der Waals surface area contributed by atoms with Crippen molar-refractivity contribution in [2.24, 2.45) is 0 Å². The molecule has 0 spiro atoms. The number of thioether (sulfide) groups is 1. The van der Waals surface area contributed by atoms with Crippen LogP contribution in [0.2, 0.25) is 0 Å². The summed E-state index contributed by atoms with van der Waals surface area (Å²) >= 11 is 2.05. The van der Waals surface area contributed by atoms with Gasteiger partial charge in [-0.2, -0.15) is 11.8 Å². The Morgan fingerprint density at radius 2 is 1.80 bits per heavy atom. The smallest absolute Gasteiger partial charge is 0.00807 e. The lowest BCUT2D eigenvalue weighted by Gasteiger charge is -2.27. The molecule has 0 aromatic carbocycles. The van der Waals surface area contributed by atoms with Crippen LogP contribution in [0.3, 0.4) is 0 Å². The maximum Gasteiger partial charge on any atom is 0.00807 e. The molecular formula is C8H15NS. The molecule has 1 N–H and O–H groups in total. The average Bonchev–Trinajstić information content (AvgIpc) is 2.30. The Hall–Kier alpha value is 0.310. The molecule has 2 bridgehead atoms. The van der Waals surface area contributed by atoms with Gasteiger partial charge in [0.05, 0.1) is 0 Å². The monoisotopic (exact) mass is 157 g/mol. The fourth-order valence-electron chi connectivity index (χ4n) is 2.20. The molecule has 0 aliphatic carbocycles. The van der Waals surface area contributed by atoms with Gasteiger partial charge in [-0.3, -0.25) is 0 Å². The van der Waals surface area contributed by atoms with Crippen molar-refractivity contribution in [2.45, 2.75) is 43.0 Å². The largest absolute Gasteiger partial charge is 0.311 e. The highest BCUT2D eigenvalue weighted by atomic mass is 32.2. The predicted molar refractivity (Wildman–Crippen MR) is 46.5 cm³/mol. The van der Waals surface area contributed by atoms with Crippen molar-refractivity contribution in [3.8, 4) is 0 Å². The Bertz CT molecular complexity index is 114. The number of piperidine rings is 1. The number of rotatable bonds is 1. The van der Waals surface area contributed by atoms with Crippen LogP contribution in [0.15, 0.2) is 0 Å². The van der Waals surface area contributed by atoms with Crippen LogP contribution in [-0.2, 0) is 0 Å². The molecule has 2 fully saturated rings. The number of nitrogens with one attached hydrogen (secondary N) is 1. The molecule has 0 aromatic rings. The van der Waals surface area contributed by atoms with Crippen molar-refractivity contribution in [1.29, 1.82) is 0 Å². The third-order valence-electron chi connectivity index (χ3n) is 2.76. The number of hydrogen-bond donors (Lipinski definition) is 1. The number of hydrogen-bond acceptors (Lipinski definition) is 2. The molecule has 0 aromatic heterocycles. The Morgan fingerprint density at radius 3 is 2.30 bits per heavy atom. The van der Waals surface area contributed by atoms with Crippen molar-refractivity contribution in [3.63, 3.8) is 0 Å². The van der Waals surface area contributed by atoms with Crippen molar-refractivity contribution >= 4 is 11.8 Å². The van der Waals surface area contributed by atoms with Crippen LogP contribution < -0.4 is 5.32 Å². The fraction of sp³-hybridized carbons (Fsp3) is 1.00. The fourth-order valence-corrected chi connectivity index (χ4v) is 3.05. The highest BCUT2D eigenvalue weighted by Gasteiger charge is 2.32. The molecule has 2 heterocycles. The van der Waals surface area contributed by atoms with Gasteiger partial charge in [0.1, 0.15) is 0 Å². The molecule has 0 amide bonds. The van der Waals surface area contributed by atoms with E-state index in [-0.39, 0.29) is 0 Å². The molecule has 2 heteroatoms. The minimum atomic E-state index is 0.871. The molecule has 2 aliphatic heterocycles. The lowest BCUT2D eigenvalue weighted by Crippen LogP contribution is -2.39. The second kappa shape index (κ2) is 2.74. The minimum absolute atomic E-state index is 0.871. The average molecular weight is 157 g/mol. The molecule has 2 aliphatic rings. The lowest BCUT2D eigenvalue weighted by molar-refractivity contribution is 0.415. The normalized spacial score (nSPS) is 45.9. The lowest BCUT2D eigenvalue weighted by atomic mass is 10.1. The summed E-state index contributed by atoms with van der Waals surface area (Å²) in [5.41, 5.74) is 0. The Balaban J connectivity index is 1.96. The van der Waals surface area contributed by atoms with E-state index in [4.69, 9.17) is 0 Å². The van der Waals surface area contributed by atoms with E-state index in [1.807, 2.05) is 0 Å². The van der Waals surface area contributed by atoms with Crippen LogP contribution in [0.4, 0.5) is 0 Å². The third-order valence-corrected chi connectivity index (χ3v) is 3.81. The van der Waals surface area contributed by atoms with Gasteiger partial charge in [-0.1, -0.05) is 0 Å². The Labute approximate surface area is 67.0 Å². The van der Waals surface area contributed by atoms with Crippen molar-refractivity contribution < 1.29 is 0 Å². The molecular weight excluding hydrogens is 142 g/mol. The van der Waals surface area contributed by atoms with Crippen LogP contribution in [0.1, 0.15) is 25.7 Å². The van der Waals surface area contributed by atoms with Crippen LogP contribution >= 0.6 is 11.8 Å². The Morgan fingerprint density at radius 1 is 1.20 bits per heavy atom. The molecule has 58 valence electrons. The molecule has 1 unspecified atom stereocenters. The zero-order chi connectivity index (χ0) is 6.97. The highest BCUT2D eigenvalue weighted by Crippen LogP contribution is 2.32. The van der Waals surface area contributed by atoms with Gasteiger partial charge in [-0.25, -0.2) is 0 Å². The second-order valence-electron chi connectivity index (χ2n) is 3.47. The van der Waals surface area contributed by atoms with Gasteiger partial charge in [0, 0.05) is 17.3 Å². The van der Waals surface area contributed by atoms with Gasteiger partial charge in [0.2, 0.25) is 0 Å². The van der Waals surface area contributed by atoms with Crippen molar-refractivity contribution in [3.05, 3.63) is 0 Å². The van der Waals surface area contributed by atoms with Gasteiger partial charge in [-0.15, -0.1) is 0 Å². The van der Waals surface area contributed by atoms with E-state index in [2.05, 4.69) is 23.3 Å². The maximum absolute atomic E-state index is 3.64. The second-order valence-corrected chi connectivity index (χ2v) is 4.61. The molecule has 2 saturated heterocycles. The summed E-state index contributed by atoms with van der Waals surface area (Å²) in [6.45, 7) is 0. The van der Waals surface area contributed by atoms with Gasteiger partial charge in [-0.05, 0) is 31.9 Å². The quantitative estimate of drug-likeness (QED) is 0.621. The van der Waals surface area contributed by atoms with E-state index >= 15 is 0 Å². The zero-order valence-electron chi connectivity index (χ0n) is 6.47. The van der Waals surface area contributed by atoms with E-state index in [0.717, 1.165) is 17.3 Å². The molecule has 0 saturated carbocycles. The Kier molecular flexibility index (Phi) is 1.92. The van der Waals surface area contributed by atoms with Crippen molar-refractivity contribution in [2.75, 3.05) is 6.26 Å². The summed E-state index contributed by atoms with van der Waals surface area (Å²) in [6.07, 6.45) is 7.94. The predicted octanol–water partition coefficient (Wildman–Crippen LogP) is 1.63. The van der Waals surface area contributed by atoms with E-state index in [1.165, 1.54) is 25.7 Å². The van der Waals surface area contributed by atoms with E-state index < -0.39 is 0 Å². The van der Waals surface area contributed by atoms with E-state index in [0.29, 0.717) is 0 Å². The summed E-state index contributed by atoms with van der Waals surface area (Å²) in [6, 6.07) is 1.74. The van der Waals surface area contributed by atoms with E-state index in [9.17, 15) is 0 Å². The van der Waals surface area contributed by atoms with Gasteiger partial charge >= 0.3 is 0 Å².